The van der Waals surface area contributed by atoms with E-state index in [4.69, 9.17) is 9.78 Å². The highest BCUT2D eigenvalue weighted by Gasteiger charge is 2.06. The molecule has 1 aromatic carbocycles. The molecule has 0 spiro atoms. The van der Waals surface area contributed by atoms with Crippen molar-refractivity contribution in [1.29, 1.82) is 5.26 Å². The van der Waals surface area contributed by atoms with Crippen molar-refractivity contribution in [3.05, 3.63) is 47.9 Å². The van der Waals surface area contributed by atoms with Crippen molar-refractivity contribution in [3.63, 3.8) is 0 Å². The molecule has 2 N–H and O–H groups in total. The molecule has 2 aromatic heterocycles. The van der Waals surface area contributed by atoms with Gasteiger partial charge in [-0.05, 0) is 19.1 Å². The standard InChI is InChI=1S/C14H11N7O/c1-9-6-12(21-22-9)18-13-8-16-20-14(19-13)17-11-5-3-2-4-10(11)7-15/h2-6,8H,1H3,(H2,17,18,19,20,21). The average molecular weight is 293 g/mol. The molecular weight excluding hydrogens is 282 g/mol. The van der Waals surface area contributed by atoms with Gasteiger partial charge in [0.1, 0.15) is 11.8 Å². The lowest BCUT2D eigenvalue weighted by Gasteiger charge is -2.07. The van der Waals surface area contributed by atoms with E-state index in [-0.39, 0.29) is 5.95 Å². The summed E-state index contributed by atoms with van der Waals surface area (Å²) in [7, 11) is 0. The molecule has 0 unspecified atom stereocenters. The summed E-state index contributed by atoms with van der Waals surface area (Å²) in [6, 6.07) is 10.9. The van der Waals surface area contributed by atoms with Crippen molar-refractivity contribution < 1.29 is 4.52 Å². The molecule has 8 nitrogen and oxygen atoms in total. The predicted molar refractivity (Wildman–Crippen MR) is 78.8 cm³/mol. The van der Waals surface area contributed by atoms with Crippen LogP contribution in [0.5, 0.6) is 0 Å². The number of anilines is 4. The summed E-state index contributed by atoms with van der Waals surface area (Å²) in [6.07, 6.45) is 1.46. The SMILES string of the molecule is Cc1cc(Nc2cnnc(Nc3ccccc3C#N)n2)no1. The van der Waals surface area contributed by atoms with E-state index in [2.05, 4.69) is 37.0 Å². The van der Waals surface area contributed by atoms with Crippen LogP contribution in [0.4, 0.5) is 23.3 Å². The summed E-state index contributed by atoms with van der Waals surface area (Å²) in [6.45, 7) is 1.79. The molecule has 3 rings (SSSR count). The van der Waals surface area contributed by atoms with Crippen molar-refractivity contribution in [2.45, 2.75) is 6.92 Å². The second kappa shape index (κ2) is 5.88. The second-order valence-corrected chi connectivity index (χ2v) is 4.40. The summed E-state index contributed by atoms with van der Waals surface area (Å²) >= 11 is 0. The molecule has 0 fully saturated rings. The Balaban J connectivity index is 1.81. The highest BCUT2D eigenvalue weighted by atomic mass is 16.5. The maximum absolute atomic E-state index is 9.07. The van der Waals surface area contributed by atoms with Gasteiger partial charge in [-0.15, -0.1) is 5.10 Å². The van der Waals surface area contributed by atoms with Crippen molar-refractivity contribution in [1.82, 2.24) is 20.3 Å². The molecule has 22 heavy (non-hydrogen) atoms. The Labute approximate surface area is 125 Å². The molecule has 0 saturated carbocycles. The van der Waals surface area contributed by atoms with Gasteiger partial charge in [0.15, 0.2) is 11.6 Å². The molecule has 0 aliphatic rings. The summed E-state index contributed by atoms with van der Waals surface area (Å²) < 4.78 is 4.96. The zero-order valence-electron chi connectivity index (χ0n) is 11.6. The first-order chi connectivity index (χ1) is 10.7. The lowest BCUT2D eigenvalue weighted by molar-refractivity contribution is 0.400. The molecule has 108 valence electrons. The number of hydrogen-bond acceptors (Lipinski definition) is 8. The molecule has 3 aromatic rings. The Bertz CT molecular complexity index is 837. The van der Waals surface area contributed by atoms with E-state index in [1.54, 1.807) is 31.2 Å². The highest BCUT2D eigenvalue weighted by Crippen LogP contribution is 2.19. The number of para-hydroxylation sites is 1. The first-order valence-corrected chi connectivity index (χ1v) is 6.41. The van der Waals surface area contributed by atoms with E-state index in [0.717, 1.165) is 0 Å². The van der Waals surface area contributed by atoms with Gasteiger partial charge in [0.2, 0.25) is 5.95 Å². The van der Waals surface area contributed by atoms with Gasteiger partial charge in [0.25, 0.3) is 0 Å². The van der Waals surface area contributed by atoms with Gasteiger partial charge >= 0.3 is 0 Å². The van der Waals surface area contributed by atoms with Gasteiger partial charge in [0, 0.05) is 6.07 Å². The Morgan fingerprint density at radius 3 is 2.82 bits per heavy atom. The number of aromatic nitrogens is 4. The number of nitrogens with zero attached hydrogens (tertiary/aromatic N) is 5. The van der Waals surface area contributed by atoms with Crippen LogP contribution in [0.3, 0.4) is 0 Å². The van der Waals surface area contributed by atoms with Crippen molar-refractivity contribution in [3.8, 4) is 6.07 Å². The molecule has 2 heterocycles. The lowest BCUT2D eigenvalue weighted by Crippen LogP contribution is -2.03. The van der Waals surface area contributed by atoms with E-state index in [0.29, 0.717) is 28.6 Å². The van der Waals surface area contributed by atoms with Crippen LogP contribution in [0.2, 0.25) is 0 Å². The number of nitrogens with one attached hydrogen (secondary N) is 2. The Morgan fingerprint density at radius 1 is 1.18 bits per heavy atom. The Kier molecular flexibility index (Phi) is 3.61. The van der Waals surface area contributed by atoms with Crippen LogP contribution >= 0.6 is 0 Å². The first kappa shape index (κ1) is 13.5. The third-order valence-electron chi connectivity index (χ3n) is 2.74. The van der Waals surface area contributed by atoms with Gasteiger partial charge in [0.05, 0.1) is 17.4 Å². The maximum atomic E-state index is 9.07. The first-order valence-electron chi connectivity index (χ1n) is 6.41. The van der Waals surface area contributed by atoms with Gasteiger partial charge in [-0.1, -0.05) is 17.3 Å². The molecule has 0 amide bonds. The van der Waals surface area contributed by atoms with Crippen LogP contribution in [0.15, 0.2) is 41.1 Å². The van der Waals surface area contributed by atoms with E-state index < -0.39 is 0 Å². The van der Waals surface area contributed by atoms with Crippen LogP contribution < -0.4 is 10.6 Å². The fourth-order valence-corrected chi connectivity index (χ4v) is 1.78. The largest absolute Gasteiger partial charge is 0.360 e. The van der Waals surface area contributed by atoms with Crippen molar-refractivity contribution in [2.24, 2.45) is 0 Å². The average Bonchev–Trinajstić information content (AvgIpc) is 2.93. The normalized spacial score (nSPS) is 10.0. The highest BCUT2D eigenvalue weighted by molar-refractivity contribution is 5.63. The molecule has 0 aliphatic heterocycles. The van der Waals surface area contributed by atoms with E-state index >= 15 is 0 Å². The third kappa shape index (κ3) is 2.99. The summed E-state index contributed by atoms with van der Waals surface area (Å²) in [5.74, 6) is 1.94. The molecule has 0 bridgehead atoms. The number of benzene rings is 1. The van der Waals surface area contributed by atoms with Gasteiger partial charge in [-0.25, -0.2) is 0 Å². The molecular formula is C14H11N7O. The van der Waals surface area contributed by atoms with Gasteiger partial charge < -0.3 is 15.2 Å². The van der Waals surface area contributed by atoms with Crippen molar-refractivity contribution >= 4 is 23.3 Å². The minimum atomic E-state index is 0.271. The third-order valence-corrected chi connectivity index (χ3v) is 2.74. The van der Waals surface area contributed by atoms with Gasteiger partial charge in [-0.2, -0.15) is 15.3 Å². The number of hydrogen-bond donors (Lipinski definition) is 2. The van der Waals surface area contributed by atoms with Crippen LogP contribution in [0.25, 0.3) is 0 Å². The van der Waals surface area contributed by atoms with Crippen LogP contribution in [0.1, 0.15) is 11.3 Å². The summed E-state index contributed by atoms with van der Waals surface area (Å²) in [4.78, 5) is 4.26. The topological polar surface area (TPSA) is 113 Å². The maximum Gasteiger partial charge on any atom is 0.249 e. The molecule has 0 saturated heterocycles. The second-order valence-electron chi connectivity index (χ2n) is 4.40. The zero-order valence-corrected chi connectivity index (χ0v) is 11.6. The number of nitriles is 1. The summed E-state index contributed by atoms with van der Waals surface area (Å²) in [5, 5.41) is 26.6. The van der Waals surface area contributed by atoms with Crippen LogP contribution in [-0.4, -0.2) is 20.3 Å². The fourth-order valence-electron chi connectivity index (χ4n) is 1.78. The quantitative estimate of drug-likeness (QED) is 0.754. The minimum Gasteiger partial charge on any atom is -0.360 e. The monoisotopic (exact) mass is 293 g/mol. The predicted octanol–water partition coefficient (Wildman–Crippen LogP) is 2.53. The van der Waals surface area contributed by atoms with Crippen LogP contribution in [-0.2, 0) is 0 Å². The molecule has 0 atom stereocenters. The van der Waals surface area contributed by atoms with E-state index in [1.165, 1.54) is 6.20 Å². The molecule has 0 radical (unpaired) electrons. The van der Waals surface area contributed by atoms with Crippen LogP contribution in [0, 0.1) is 18.3 Å². The van der Waals surface area contributed by atoms with Gasteiger partial charge in [-0.3, -0.25) is 0 Å². The van der Waals surface area contributed by atoms with Crippen molar-refractivity contribution in [2.75, 3.05) is 10.6 Å². The summed E-state index contributed by atoms with van der Waals surface area (Å²) in [5.41, 5.74) is 1.11. The number of rotatable bonds is 4. The fraction of sp³-hybridized carbons (Fsp3) is 0.0714. The lowest BCUT2D eigenvalue weighted by atomic mass is 10.2. The van der Waals surface area contributed by atoms with E-state index in [9.17, 15) is 0 Å². The smallest absolute Gasteiger partial charge is 0.249 e. The number of aryl methyl sites for hydroxylation is 1. The molecule has 8 heteroatoms. The Hall–Kier alpha value is -3.47. The minimum absolute atomic E-state index is 0.271. The molecule has 0 aliphatic carbocycles. The zero-order chi connectivity index (χ0) is 15.4. The van der Waals surface area contributed by atoms with E-state index in [1.807, 2.05) is 6.07 Å². The Morgan fingerprint density at radius 2 is 2.05 bits per heavy atom.